The quantitative estimate of drug-likeness (QED) is 0.776. The minimum atomic E-state index is 0.116. The third-order valence-electron chi connectivity index (χ3n) is 2.62. The van der Waals surface area contributed by atoms with E-state index in [1.807, 2.05) is 12.1 Å². The Balaban J connectivity index is 2.38. The first-order valence-corrected chi connectivity index (χ1v) is 6.54. The van der Waals surface area contributed by atoms with Crippen LogP contribution in [-0.2, 0) is 6.42 Å². The largest absolute Gasteiger partial charge is 0.489 e. The second-order valence-electron chi connectivity index (χ2n) is 5.64. The predicted octanol–water partition coefficient (Wildman–Crippen LogP) is 3.57. The maximum absolute atomic E-state index is 5.74. The molecule has 0 aliphatic rings. The Kier molecular flexibility index (Phi) is 5.42. The molecule has 2 nitrogen and oxygen atoms in total. The van der Waals surface area contributed by atoms with Gasteiger partial charge in [-0.1, -0.05) is 25.6 Å². The van der Waals surface area contributed by atoms with Gasteiger partial charge < -0.3 is 10.1 Å². The van der Waals surface area contributed by atoms with E-state index in [0.717, 1.165) is 24.3 Å². The standard InChI is InChI=1S/C16H25NO/c1-6-14-8-7-9-15(10-14)18-12-13(2)11-17-16(3,4)5/h7-10,17H,2,6,11-12H2,1,3-5H3. The van der Waals surface area contributed by atoms with Gasteiger partial charge in [-0.15, -0.1) is 0 Å². The van der Waals surface area contributed by atoms with Crippen molar-refractivity contribution in [3.8, 4) is 5.75 Å². The average Bonchev–Trinajstić information content (AvgIpc) is 2.33. The zero-order chi connectivity index (χ0) is 13.6. The summed E-state index contributed by atoms with van der Waals surface area (Å²) in [4.78, 5) is 0. The summed E-state index contributed by atoms with van der Waals surface area (Å²) < 4.78 is 5.74. The summed E-state index contributed by atoms with van der Waals surface area (Å²) in [5.41, 5.74) is 2.48. The van der Waals surface area contributed by atoms with Gasteiger partial charge in [-0.25, -0.2) is 0 Å². The molecule has 0 atom stereocenters. The number of rotatable bonds is 6. The Morgan fingerprint density at radius 2 is 2.06 bits per heavy atom. The minimum Gasteiger partial charge on any atom is -0.489 e. The van der Waals surface area contributed by atoms with Gasteiger partial charge in [0.05, 0.1) is 0 Å². The molecule has 1 aromatic carbocycles. The first-order chi connectivity index (χ1) is 8.40. The van der Waals surface area contributed by atoms with Crippen molar-refractivity contribution in [2.45, 2.75) is 39.7 Å². The van der Waals surface area contributed by atoms with Crippen LogP contribution in [0.4, 0.5) is 0 Å². The molecule has 0 spiro atoms. The highest BCUT2D eigenvalue weighted by atomic mass is 16.5. The van der Waals surface area contributed by atoms with Gasteiger partial charge >= 0.3 is 0 Å². The van der Waals surface area contributed by atoms with Gasteiger partial charge in [-0.3, -0.25) is 0 Å². The highest BCUT2D eigenvalue weighted by Gasteiger charge is 2.08. The molecule has 0 unspecified atom stereocenters. The summed E-state index contributed by atoms with van der Waals surface area (Å²) in [7, 11) is 0. The Labute approximate surface area is 111 Å². The zero-order valence-corrected chi connectivity index (χ0v) is 12.0. The lowest BCUT2D eigenvalue weighted by Crippen LogP contribution is -2.37. The topological polar surface area (TPSA) is 21.3 Å². The van der Waals surface area contributed by atoms with Crippen molar-refractivity contribution in [1.82, 2.24) is 5.32 Å². The zero-order valence-electron chi connectivity index (χ0n) is 12.0. The number of aryl methyl sites for hydroxylation is 1. The Hall–Kier alpha value is -1.28. The van der Waals surface area contributed by atoms with Gasteiger partial charge in [0.25, 0.3) is 0 Å². The molecular weight excluding hydrogens is 222 g/mol. The van der Waals surface area contributed by atoms with E-state index in [1.165, 1.54) is 5.56 Å². The smallest absolute Gasteiger partial charge is 0.120 e. The molecule has 0 heterocycles. The average molecular weight is 247 g/mol. The fourth-order valence-electron chi connectivity index (χ4n) is 1.48. The van der Waals surface area contributed by atoms with Gasteiger partial charge in [0.15, 0.2) is 0 Å². The molecule has 1 rings (SSSR count). The molecule has 0 saturated carbocycles. The van der Waals surface area contributed by atoms with Gasteiger partial charge in [0, 0.05) is 12.1 Å². The van der Waals surface area contributed by atoms with Crippen molar-refractivity contribution in [1.29, 1.82) is 0 Å². The first-order valence-electron chi connectivity index (χ1n) is 6.54. The van der Waals surface area contributed by atoms with Crippen LogP contribution < -0.4 is 10.1 Å². The van der Waals surface area contributed by atoms with Crippen LogP contribution in [0.1, 0.15) is 33.3 Å². The summed E-state index contributed by atoms with van der Waals surface area (Å²) in [5.74, 6) is 0.922. The highest BCUT2D eigenvalue weighted by molar-refractivity contribution is 5.28. The molecule has 0 aromatic heterocycles. The van der Waals surface area contributed by atoms with Crippen molar-refractivity contribution in [2.75, 3.05) is 13.2 Å². The summed E-state index contributed by atoms with van der Waals surface area (Å²) in [5, 5.41) is 3.40. The van der Waals surface area contributed by atoms with Gasteiger partial charge in [0.1, 0.15) is 12.4 Å². The molecule has 1 N–H and O–H groups in total. The number of hydrogen-bond donors (Lipinski definition) is 1. The van der Waals surface area contributed by atoms with E-state index in [1.54, 1.807) is 0 Å². The van der Waals surface area contributed by atoms with Crippen molar-refractivity contribution >= 4 is 0 Å². The summed E-state index contributed by atoms with van der Waals surface area (Å²) in [6.45, 7) is 14.0. The van der Waals surface area contributed by atoms with E-state index in [2.05, 4.69) is 51.7 Å². The van der Waals surface area contributed by atoms with Crippen LogP contribution in [-0.4, -0.2) is 18.7 Å². The number of ether oxygens (including phenoxy) is 1. The van der Waals surface area contributed by atoms with Crippen LogP contribution in [0.3, 0.4) is 0 Å². The van der Waals surface area contributed by atoms with Crippen LogP contribution in [0.2, 0.25) is 0 Å². The maximum atomic E-state index is 5.74. The van der Waals surface area contributed by atoms with E-state index >= 15 is 0 Å². The lowest BCUT2D eigenvalue weighted by molar-refractivity contribution is 0.341. The predicted molar refractivity (Wildman–Crippen MR) is 78.2 cm³/mol. The summed E-state index contributed by atoms with van der Waals surface area (Å²) >= 11 is 0. The fourth-order valence-corrected chi connectivity index (χ4v) is 1.48. The van der Waals surface area contributed by atoms with Crippen LogP contribution >= 0.6 is 0 Å². The number of hydrogen-bond acceptors (Lipinski definition) is 2. The molecule has 0 aliphatic carbocycles. The second-order valence-corrected chi connectivity index (χ2v) is 5.64. The molecule has 18 heavy (non-hydrogen) atoms. The van der Waals surface area contributed by atoms with Crippen LogP contribution in [0.5, 0.6) is 5.75 Å². The highest BCUT2D eigenvalue weighted by Crippen LogP contribution is 2.14. The van der Waals surface area contributed by atoms with Crippen LogP contribution in [0.15, 0.2) is 36.4 Å². The van der Waals surface area contributed by atoms with Crippen molar-refractivity contribution in [3.63, 3.8) is 0 Å². The Morgan fingerprint density at radius 3 is 2.67 bits per heavy atom. The van der Waals surface area contributed by atoms with Crippen molar-refractivity contribution in [2.24, 2.45) is 0 Å². The number of nitrogens with one attached hydrogen (secondary N) is 1. The molecule has 0 saturated heterocycles. The lowest BCUT2D eigenvalue weighted by atomic mass is 10.1. The van der Waals surface area contributed by atoms with Gasteiger partial charge in [-0.05, 0) is 50.5 Å². The normalized spacial score (nSPS) is 11.3. The van der Waals surface area contributed by atoms with E-state index in [-0.39, 0.29) is 5.54 Å². The van der Waals surface area contributed by atoms with Gasteiger partial charge in [0.2, 0.25) is 0 Å². The van der Waals surface area contributed by atoms with Crippen molar-refractivity contribution < 1.29 is 4.74 Å². The van der Waals surface area contributed by atoms with E-state index in [0.29, 0.717) is 6.61 Å². The second kappa shape index (κ2) is 6.60. The SMILES string of the molecule is C=C(CNC(C)(C)C)COc1cccc(CC)c1. The molecule has 0 fully saturated rings. The van der Waals surface area contributed by atoms with Crippen LogP contribution in [0.25, 0.3) is 0 Å². The monoisotopic (exact) mass is 247 g/mol. The number of benzene rings is 1. The summed E-state index contributed by atoms with van der Waals surface area (Å²) in [6.07, 6.45) is 1.03. The molecule has 0 bridgehead atoms. The lowest BCUT2D eigenvalue weighted by Gasteiger charge is -2.21. The summed E-state index contributed by atoms with van der Waals surface area (Å²) in [6, 6.07) is 8.22. The fraction of sp³-hybridized carbons (Fsp3) is 0.500. The maximum Gasteiger partial charge on any atom is 0.120 e. The molecule has 1 aromatic rings. The molecule has 0 amide bonds. The third-order valence-corrected chi connectivity index (χ3v) is 2.62. The molecule has 0 radical (unpaired) electrons. The van der Waals surface area contributed by atoms with E-state index in [4.69, 9.17) is 4.74 Å². The first kappa shape index (κ1) is 14.8. The molecular formula is C16H25NO. The Morgan fingerprint density at radius 1 is 1.33 bits per heavy atom. The molecule has 0 aliphatic heterocycles. The molecule has 2 heteroatoms. The van der Waals surface area contributed by atoms with Crippen LogP contribution in [0, 0.1) is 0 Å². The Bertz CT molecular complexity index is 390. The van der Waals surface area contributed by atoms with E-state index in [9.17, 15) is 0 Å². The molecule has 100 valence electrons. The van der Waals surface area contributed by atoms with Gasteiger partial charge in [-0.2, -0.15) is 0 Å². The van der Waals surface area contributed by atoms with Crippen molar-refractivity contribution in [3.05, 3.63) is 42.0 Å². The minimum absolute atomic E-state index is 0.116. The third kappa shape index (κ3) is 5.87. The van der Waals surface area contributed by atoms with E-state index < -0.39 is 0 Å².